The normalized spacial score (nSPS) is 25.7. The lowest BCUT2D eigenvalue weighted by Gasteiger charge is -2.33. The van der Waals surface area contributed by atoms with Crippen LogP contribution in [0.5, 0.6) is 0 Å². The summed E-state index contributed by atoms with van der Waals surface area (Å²) in [4.78, 5) is 9.56. The van der Waals surface area contributed by atoms with Gasteiger partial charge in [-0.2, -0.15) is 0 Å². The van der Waals surface area contributed by atoms with Gasteiger partial charge in [0.1, 0.15) is 0 Å². The lowest BCUT2D eigenvalue weighted by Crippen LogP contribution is -2.42. The Labute approximate surface area is 184 Å². The van der Waals surface area contributed by atoms with Crippen molar-refractivity contribution in [1.82, 2.24) is 24.7 Å². The van der Waals surface area contributed by atoms with Crippen LogP contribution in [0.3, 0.4) is 0 Å². The fourth-order valence-electron chi connectivity index (χ4n) is 5.21. The van der Waals surface area contributed by atoms with Gasteiger partial charge in [0, 0.05) is 50.3 Å². The van der Waals surface area contributed by atoms with E-state index in [0.29, 0.717) is 6.04 Å². The van der Waals surface area contributed by atoms with Crippen molar-refractivity contribution >= 4 is 17.3 Å². The van der Waals surface area contributed by atoms with E-state index < -0.39 is 0 Å². The van der Waals surface area contributed by atoms with Gasteiger partial charge in [0.2, 0.25) is 0 Å². The highest BCUT2D eigenvalue weighted by Gasteiger charge is 2.41. The van der Waals surface area contributed by atoms with Gasteiger partial charge in [-0.1, -0.05) is 18.9 Å². The average molecular weight is 426 g/mol. The van der Waals surface area contributed by atoms with Gasteiger partial charge < -0.3 is 19.5 Å². The first-order chi connectivity index (χ1) is 14.8. The number of hydrogen-bond acceptors (Lipinski definition) is 4. The van der Waals surface area contributed by atoms with E-state index in [-0.39, 0.29) is 12.1 Å². The first-order valence-corrected chi connectivity index (χ1v) is 11.7. The zero-order chi connectivity index (χ0) is 20.3. The molecule has 3 aliphatic rings. The Hall–Kier alpha value is -1.96. The number of aromatic nitrogens is 2. The predicted molar refractivity (Wildman–Crippen MR) is 121 cm³/mol. The highest BCUT2D eigenvalue weighted by Crippen LogP contribution is 2.41. The molecule has 2 aliphatic heterocycles. The maximum atomic E-state index is 5.85. The number of nitrogens with zero attached hydrogens (tertiary/aromatic N) is 4. The molecule has 0 spiro atoms. The summed E-state index contributed by atoms with van der Waals surface area (Å²) in [7, 11) is 0. The lowest BCUT2D eigenvalue weighted by atomic mass is 10.0. The molecule has 2 saturated heterocycles. The van der Waals surface area contributed by atoms with Crippen molar-refractivity contribution in [2.24, 2.45) is 0 Å². The first-order valence-electron chi connectivity index (χ1n) is 11.3. The Morgan fingerprint density at radius 3 is 2.67 bits per heavy atom. The van der Waals surface area contributed by atoms with E-state index >= 15 is 0 Å². The Morgan fingerprint density at radius 2 is 1.90 bits per heavy atom. The third-order valence-electron chi connectivity index (χ3n) is 6.79. The summed E-state index contributed by atoms with van der Waals surface area (Å²) in [6.07, 6.45) is 9.34. The van der Waals surface area contributed by atoms with E-state index in [2.05, 4.69) is 55.1 Å². The molecule has 2 aromatic heterocycles. The molecule has 1 saturated carbocycles. The zero-order valence-electron chi connectivity index (χ0n) is 17.4. The molecule has 0 amide bonds. The van der Waals surface area contributed by atoms with Crippen LogP contribution >= 0.6 is 12.2 Å². The van der Waals surface area contributed by atoms with Crippen LogP contribution in [-0.4, -0.2) is 63.9 Å². The summed E-state index contributed by atoms with van der Waals surface area (Å²) in [6.45, 7) is 5.57. The molecule has 2 unspecified atom stereocenters. The second-order valence-corrected chi connectivity index (χ2v) is 8.94. The third kappa shape index (κ3) is 3.98. The van der Waals surface area contributed by atoms with Crippen molar-refractivity contribution < 1.29 is 4.74 Å². The van der Waals surface area contributed by atoms with Crippen molar-refractivity contribution in [2.75, 3.05) is 39.4 Å². The fourth-order valence-corrected chi connectivity index (χ4v) is 5.55. The van der Waals surface area contributed by atoms with Crippen LogP contribution in [0.2, 0.25) is 0 Å². The second-order valence-electron chi connectivity index (χ2n) is 8.55. The molecule has 6 nitrogen and oxygen atoms in total. The molecule has 30 heavy (non-hydrogen) atoms. The van der Waals surface area contributed by atoms with Crippen LogP contribution in [0.1, 0.15) is 55.2 Å². The molecule has 4 heterocycles. The van der Waals surface area contributed by atoms with E-state index in [1.165, 1.54) is 31.4 Å². The minimum absolute atomic E-state index is 0.0680. The van der Waals surface area contributed by atoms with Crippen molar-refractivity contribution in [3.8, 4) is 0 Å². The molecule has 3 fully saturated rings. The van der Waals surface area contributed by atoms with E-state index in [1.54, 1.807) is 0 Å². The number of rotatable bonds is 6. The molecule has 2 aromatic rings. The van der Waals surface area contributed by atoms with E-state index in [4.69, 9.17) is 17.0 Å². The molecule has 0 aromatic carbocycles. The van der Waals surface area contributed by atoms with E-state index in [9.17, 15) is 0 Å². The maximum Gasteiger partial charge on any atom is 0.170 e. The zero-order valence-corrected chi connectivity index (χ0v) is 18.3. The van der Waals surface area contributed by atoms with Crippen LogP contribution in [0, 0.1) is 0 Å². The Kier molecular flexibility index (Phi) is 6.02. The van der Waals surface area contributed by atoms with Crippen molar-refractivity contribution in [3.05, 3.63) is 54.1 Å². The number of hydrogen-bond donors (Lipinski definition) is 1. The minimum Gasteiger partial charge on any atom is -0.379 e. The van der Waals surface area contributed by atoms with Gasteiger partial charge in [-0.25, -0.2) is 0 Å². The minimum atomic E-state index is 0.0680. The molecule has 2 atom stereocenters. The summed E-state index contributed by atoms with van der Waals surface area (Å²) in [5.41, 5.74) is 2.41. The largest absolute Gasteiger partial charge is 0.379 e. The molecule has 7 heteroatoms. The van der Waals surface area contributed by atoms with Gasteiger partial charge in [-0.15, -0.1) is 0 Å². The predicted octanol–water partition coefficient (Wildman–Crippen LogP) is 3.30. The average Bonchev–Trinajstić information content (AvgIpc) is 3.53. The number of thiocarbonyl (C=S) groups is 1. The van der Waals surface area contributed by atoms with Gasteiger partial charge in [-0.05, 0) is 49.3 Å². The van der Waals surface area contributed by atoms with Gasteiger partial charge >= 0.3 is 0 Å². The smallest absolute Gasteiger partial charge is 0.170 e. The van der Waals surface area contributed by atoms with Crippen LogP contribution in [0.25, 0.3) is 0 Å². The van der Waals surface area contributed by atoms with Crippen molar-refractivity contribution in [2.45, 2.75) is 43.8 Å². The molecule has 160 valence electrons. The molecular formula is C23H31N5OS. The monoisotopic (exact) mass is 425 g/mol. The Morgan fingerprint density at radius 1 is 1.07 bits per heavy atom. The number of ether oxygens (including phenoxy) is 1. The fraction of sp³-hybridized carbons (Fsp3) is 0.565. The van der Waals surface area contributed by atoms with Gasteiger partial charge in [0.25, 0.3) is 0 Å². The molecule has 1 N–H and O–H groups in total. The van der Waals surface area contributed by atoms with Gasteiger partial charge in [-0.3, -0.25) is 9.88 Å². The Bertz CT molecular complexity index is 844. The summed E-state index contributed by atoms with van der Waals surface area (Å²) < 4.78 is 8.03. The van der Waals surface area contributed by atoms with Crippen LogP contribution in [0.4, 0.5) is 0 Å². The summed E-state index contributed by atoms with van der Waals surface area (Å²) in [6, 6.07) is 11.5. The quantitative estimate of drug-likeness (QED) is 0.717. The van der Waals surface area contributed by atoms with Crippen LogP contribution < -0.4 is 5.32 Å². The Balaban J connectivity index is 1.44. The lowest BCUT2D eigenvalue weighted by molar-refractivity contribution is 0.0349. The first kappa shape index (κ1) is 20.0. The topological polar surface area (TPSA) is 45.6 Å². The number of pyridine rings is 1. The summed E-state index contributed by atoms with van der Waals surface area (Å²) >= 11 is 5.85. The molecule has 0 radical (unpaired) electrons. The van der Waals surface area contributed by atoms with Crippen molar-refractivity contribution in [3.63, 3.8) is 0 Å². The number of nitrogens with one attached hydrogen (secondary N) is 1. The van der Waals surface area contributed by atoms with Crippen molar-refractivity contribution in [1.29, 1.82) is 0 Å². The highest BCUT2D eigenvalue weighted by atomic mass is 32.1. The van der Waals surface area contributed by atoms with Crippen LogP contribution in [-0.2, 0) is 4.74 Å². The maximum absolute atomic E-state index is 5.85. The summed E-state index contributed by atoms with van der Waals surface area (Å²) in [5.74, 6) is 0. The highest BCUT2D eigenvalue weighted by molar-refractivity contribution is 7.80. The van der Waals surface area contributed by atoms with Crippen LogP contribution in [0.15, 0.2) is 42.7 Å². The van der Waals surface area contributed by atoms with E-state index in [1.807, 2.05) is 12.3 Å². The molecule has 1 aliphatic carbocycles. The standard InChI is InChI=1S/C23H31N5OS/c30-23-25-21(19-8-3-4-10-24-19)22(28(23)13-12-26-14-16-29-17-15-26)20-9-5-11-27(20)18-6-1-2-7-18/h3-5,8-11,18,21-22H,1-2,6-7,12-17H2,(H,25,30). The second kappa shape index (κ2) is 9.04. The third-order valence-corrected chi connectivity index (χ3v) is 7.14. The molecule has 0 bridgehead atoms. The molecular weight excluding hydrogens is 394 g/mol. The number of morpholine rings is 1. The van der Waals surface area contributed by atoms with E-state index in [0.717, 1.165) is 50.2 Å². The summed E-state index contributed by atoms with van der Waals surface area (Å²) in [5, 5.41) is 4.44. The SMILES string of the molecule is S=C1NC(c2ccccn2)C(c2cccn2C2CCCC2)N1CCN1CCOCC1. The molecule has 5 rings (SSSR count). The van der Waals surface area contributed by atoms with Gasteiger partial charge in [0.05, 0.1) is 31.0 Å². The van der Waals surface area contributed by atoms with Gasteiger partial charge in [0.15, 0.2) is 5.11 Å².